The summed E-state index contributed by atoms with van der Waals surface area (Å²) in [6, 6.07) is 4.78. The van der Waals surface area contributed by atoms with Crippen molar-refractivity contribution in [2.75, 3.05) is 0 Å². The predicted molar refractivity (Wildman–Crippen MR) is 66.5 cm³/mol. The van der Waals surface area contributed by atoms with Gasteiger partial charge in [0.2, 0.25) is 0 Å². The second kappa shape index (κ2) is 3.71. The van der Waals surface area contributed by atoms with E-state index in [1.165, 1.54) is 16.1 Å². The SMILES string of the molecule is CC1Cc2c(c(-c3cccs3)nn2C)CN1. The van der Waals surface area contributed by atoms with E-state index in [-0.39, 0.29) is 0 Å². The quantitative estimate of drug-likeness (QED) is 0.818. The highest BCUT2D eigenvalue weighted by Gasteiger charge is 2.23. The van der Waals surface area contributed by atoms with E-state index in [4.69, 9.17) is 0 Å². The van der Waals surface area contributed by atoms with Gasteiger partial charge in [0.1, 0.15) is 5.69 Å². The standard InChI is InChI=1S/C12H15N3S/c1-8-6-10-9(7-13-8)12(14-15(10)2)11-4-3-5-16-11/h3-5,8,13H,6-7H2,1-2H3. The molecule has 84 valence electrons. The molecule has 1 atom stereocenters. The summed E-state index contributed by atoms with van der Waals surface area (Å²) in [5.41, 5.74) is 3.92. The monoisotopic (exact) mass is 233 g/mol. The Morgan fingerprint density at radius 1 is 1.56 bits per heavy atom. The molecule has 0 saturated heterocycles. The van der Waals surface area contributed by atoms with Gasteiger partial charge < -0.3 is 5.32 Å². The van der Waals surface area contributed by atoms with E-state index in [1.54, 1.807) is 11.3 Å². The smallest absolute Gasteiger partial charge is 0.107 e. The molecule has 1 aliphatic rings. The highest BCUT2D eigenvalue weighted by atomic mass is 32.1. The highest BCUT2D eigenvalue weighted by Crippen LogP contribution is 2.30. The van der Waals surface area contributed by atoms with Crippen LogP contribution in [0.15, 0.2) is 17.5 Å². The number of fused-ring (bicyclic) bond motifs is 1. The Balaban J connectivity index is 2.12. The van der Waals surface area contributed by atoms with Crippen molar-refractivity contribution in [3.05, 3.63) is 28.8 Å². The fourth-order valence-corrected chi connectivity index (χ4v) is 3.03. The zero-order valence-electron chi connectivity index (χ0n) is 9.53. The number of nitrogens with one attached hydrogen (secondary N) is 1. The first-order chi connectivity index (χ1) is 7.75. The molecule has 0 bridgehead atoms. The van der Waals surface area contributed by atoms with Gasteiger partial charge in [0.25, 0.3) is 0 Å². The van der Waals surface area contributed by atoms with E-state index in [0.717, 1.165) is 18.7 Å². The molecule has 2 aromatic rings. The van der Waals surface area contributed by atoms with Crippen LogP contribution >= 0.6 is 11.3 Å². The first-order valence-electron chi connectivity index (χ1n) is 5.57. The lowest BCUT2D eigenvalue weighted by molar-refractivity contribution is 0.495. The zero-order chi connectivity index (χ0) is 11.1. The van der Waals surface area contributed by atoms with Crippen molar-refractivity contribution in [2.45, 2.75) is 25.9 Å². The molecule has 0 spiro atoms. The summed E-state index contributed by atoms with van der Waals surface area (Å²) in [5, 5.41) is 10.3. The molecule has 1 unspecified atom stereocenters. The van der Waals surface area contributed by atoms with Crippen LogP contribution < -0.4 is 5.32 Å². The lowest BCUT2D eigenvalue weighted by Gasteiger charge is -2.21. The number of hydrogen-bond acceptors (Lipinski definition) is 3. The Hall–Kier alpha value is -1.13. The molecular weight excluding hydrogens is 218 g/mol. The molecule has 4 heteroatoms. The second-order valence-corrected chi connectivity index (χ2v) is 5.31. The third-order valence-corrected chi connectivity index (χ3v) is 4.03. The Bertz CT molecular complexity index is 499. The summed E-state index contributed by atoms with van der Waals surface area (Å²) >= 11 is 1.76. The Kier molecular flexibility index (Phi) is 2.33. The van der Waals surface area contributed by atoms with Crippen LogP contribution in [0.2, 0.25) is 0 Å². The Morgan fingerprint density at radius 3 is 3.19 bits per heavy atom. The lowest BCUT2D eigenvalue weighted by Crippen LogP contribution is -2.33. The minimum absolute atomic E-state index is 0.555. The van der Waals surface area contributed by atoms with E-state index in [2.05, 4.69) is 34.9 Å². The summed E-state index contributed by atoms with van der Waals surface area (Å²) in [4.78, 5) is 1.27. The first kappa shape index (κ1) is 10.1. The van der Waals surface area contributed by atoms with Crippen LogP contribution in [0.1, 0.15) is 18.2 Å². The van der Waals surface area contributed by atoms with E-state index < -0.39 is 0 Å². The van der Waals surface area contributed by atoms with Crippen LogP contribution in [0.4, 0.5) is 0 Å². The number of hydrogen-bond donors (Lipinski definition) is 1. The van der Waals surface area contributed by atoms with Crippen molar-refractivity contribution in [3.8, 4) is 10.6 Å². The Labute approximate surface area is 99.1 Å². The summed E-state index contributed by atoms with van der Waals surface area (Å²) in [6.07, 6.45) is 1.07. The van der Waals surface area contributed by atoms with E-state index in [0.29, 0.717) is 6.04 Å². The topological polar surface area (TPSA) is 29.9 Å². The molecule has 0 aliphatic carbocycles. The van der Waals surface area contributed by atoms with Crippen LogP contribution in [0.25, 0.3) is 10.6 Å². The normalized spacial score (nSPS) is 19.8. The van der Waals surface area contributed by atoms with Crippen LogP contribution in [-0.4, -0.2) is 15.8 Å². The van der Waals surface area contributed by atoms with Crippen molar-refractivity contribution in [2.24, 2.45) is 7.05 Å². The molecule has 0 fully saturated rings. The van der Waals surface area contributed by atoms with Gasteiger partial charge in [-0.3, -0.25) is 4.68 Å². The summed E-state index contributed by atoms with van der Waals surface area (Å²) in [5.74, 6) is 0. The predicted octanol–water partition coefficient (Wildman–Crippen LogP) is 2.18. The zero-order valence-corrected chi connectivity index (χ0v) is 10.3. The van der Waals surface area contributed by atoms with E-state index in [1.807, 2.05) is 11.7 Å². The summed E-state index contributed by atoms with van der Waals surface area (Å²) < 4.78 is 2.04. The van der Waals surface area contributed by atoms with Gasteiger partial charge in [0.05, 0.1) is 4.88 Å². The van der Waals surface area contributed by atoms with Gasteiger partial charge >= 0.3 is 0 Å². The van der Waals surface area contributed by atoms with Gasteiger partial charge in [0.15, 0.2) is 0 Å². The maximum atomic E-state index is 4.66. The van der Waals surface area contributed by atoms with Gasteiger partial charge in [0, 0.05) is 37.3 Å². The Morgan fingerprint density at radius 2 is 2.44 bits per heavy atom. The molecule has 0 aromatic carbocycles. The van der Waals surface area contributed by atoms with Gasteiger partial charge in [-0.2, -0.15) is 5.10 Å². The van der Waals surface area contributed by atoms with Crippen LogP contribution in [0.5, 0.6) is 0 Å². The molecule has 16 heavy (non-hydrogen) atoms. The van der Waals surface area contributed by atoms with E-state index >= 15 is 0 Å². The fraction of sp³-hybridized carbons (Fsp3) is 0.417. The molecule has 3 nitrogen and oxygen atoms in total. The van der Waals surface area contributed by atoms with Crippen LogP contribution in [0, 0.1) is 0 Å². The highest BCUT2D eigenvalue weighted by molar-refractivity contribution is 7.13. The molecule has 0 radical (unpaired) electrons. The van der Waals surface area contributed by atoms with Crippen molar-refractivity contribution < 1.29 is 0 Å². The van der Waals surface area contributed by atoms with Gasteiger partial charge in [-0.25, -0.2) is 0 Å². The lowest BCUT2D eigenvalue weighted by atomic mass is 10.0. The van der Waals surface area contributed by atoms with Crippen molar-refractivity contribution in [1.82, 2.24) is 15.1 Å². The minimum atomic E-state index is 0.555. The molecule has 1 N–H and O–H groups in total. The molecular formula is C12H15N3S. The van der Waals surface area contributed by atoms with Gasteiger partial charge in [-0.1, -0.05) is 6.07 Å². The van der Waals surface area contributed by atoms with E-state index in [9.17, 15) is 0 Å². The van der Waals surface area contributed by atoms with Crippen LogP contribution in [-0.2, 0) is 20.0 Å². The largest absolute Gasteiger partial charge is 0.310 e. The van der Waals surface area contributed by atoms with Crippen molar-refractivity contribution in [3.63, 3.8) is 0 Å². The molecule has 3 heterocycles. The third kappa shape index (κ3) is 1.49. The summed E-state index contributed by atoms with van der Waals surface area (Å²) in [7, 11) is 2.05. The van der Waals surface area contributed by atoms with Gasteiger partial charge in [-0.05, 0) is 18.4 Å². The average molecular weight is 233 g/mol. The van der Waals surface area contributed by atoms with Crippen LogP contribution in [0.3, 0.4) is 0 Å². The average Bonchev–Trinajstić information content (AvgIpc) is 2.87. The molecule has 3 rings (SSSR count). The number of thiophene rings is 1. The molecule has 0 saturated carbocycles. The number of aromatic nitrogens is 2. The first-order valence-corrected chi connectivity index (χ1v) is 6.45. The second-order valence-electron chi connectivity index (χ2n) is 4.36. The maximum Gasteiger partial charge on any atom is 0.107 e. The molecule has 2 aromatic heterocycles. The molecule has 1 aliphatic heterocycles. The molecule has 0 amide bonds. The third-order valence-electron chi connectivity index (χ3n) is 3.16. The van der Waals surface area contributed by atoms with Crippen molar-refractivity contribution in [1.29, 1.82) is 0 Å². The fourth-order valence-electron chi connectivity index (χ4n) is 2.29. The van der Waals surface area contributed by atoms with Crippen molar-refractivity contribution >= 4 is 11.3 Å². The summed E-state index contributed by atoms with van der Waals surface area (Å²) in [6.45, 7) is 3.17. The number of aryl methyl sites for hydroxylation is 1. The number of nitrogens with zero attached hydrogens (tertiary/aromatic N) is 2. The minimum Gasteiger partial charge on any atom is -0.310 e. The maximum absolute atomic E-state index is 4.66. The number of rotatable bonds is 1. The van der Waals surface area contributed by atoms with Gasteiger partial charge in [-0.15, -0.1) is 11.3 Å².